The summed E-state index contributed by atoms with van der Waals surface area (Å²) in [4.78, 5) is 1.83. The highest BCUT2D eigenvalue weighted by molar-refractivity contribution is 5.17. The van der Waals surface area contributed by atoms with Crippen LogP contribution in [0.5, 0.6) is 0 Å². The van der Waals surface area contributed by atoms with Crippen LogP contribution in [0.2, 0.25) is 0 Å². The van der Waals surface area contributed by atoms with Gasteiger partial charge in [0, 0.05) is 36.3 Å². The summed E-state index contributed by atoms with van der Waals surface area (Å²) in [6, 6.07) is 18.2. The van der Waals surface area contributed by atoms with E-state index in [9.17, 15) is 30.6 Å². The summed E-state index contributed by atoms with van der Waals surface area (Å²) in [5.41, 5.74) is 7.57. The molecule has 2 aliphatic heterocycles. The Labute approximate surface area is 257 Å². The maximum absolute atomic E-state index is 11.2. The SMILES string of the molecule is N[C@H]1CC[C@@H](N(C[C@H](O)[C@@H](O)[C@@H]2OC(c3ccccc3)OC[C@H]2O)C[C@H](O)[C@@H](O)[C@@H]2OC(c3ccccc3)OC[C@H]2O)CC1. The van der Waals surface area contributed by atoms with E-state index in [-0.39, 0.29) is 38.4 Å². The summed E-state index contributed by atoms with van der Waals surface area (Å²) in [5, 5.41) is 66.0. The average Bonchev–Trinajstić information content (AvgIpc) is 3.05. The van der Waals surface area contributed by atoms with Gasteiger partial charge in [-0.3, -0.25) is 4.90 Å². The summed E-state index contributed by atoms with van der Waals surface area (Å²) in [6.07, 6.45) is -8.98. The average molecular weight is 619 g/mol. The molecular weight excluding hydrogens is 572 g/mol. The van der Waals surface area contributed by atoms with E-state index in [1.807, 2.05) is 65.6 Å². The highest BCUT2D eigenvalue weighted by atomic mass is 16.7. The second kappa shape index (κ2) is 15.5. The molecular formula is C32H46N2O10. The molecule has 3 aliphatic rings. The molecule has 1 aliphatic carbocycles. The van der Waals surface area contributed by atoms with Gasteiger partial charge in [0.25, 0.3) is 0 Å². The molecule has 0 spiro atoms. The molecule has 10 atom stereocenters. The summed E-state index contributed by atoms with van der Waals surface area (Å²) in [7, 11) is 0. The molecule has 2 unspecified atom stereocenters. The Morgan fingerprint density at radius 2 is 1.07 bits per heavy atom. The third kappa shape index (κ3) is 8.21. The van der Waals surface area contributed by atoms with Gasteiger partial charge < -0.3 is 55.3 Å². The standard InChI is InChI=1S/C32H46N2O10/c33-21-11-13-22(14-12-21)34(15-23(35)27(39)29-25(37)17-41-31(43-29)19-7-3-1-4-8-19)16-24(36)28(40)30-26(38)18-42-32(44-30)20-9-5-2-6-10-20/h1-10,21-32,35-40H,11-18,33H2/t21-,22+,23-,24-,25+,26+,27+,28+,29+,30+,31?,32?/m0/s1. The molecule has 0 bridgehead atoms. The number of hydrogen-bond acceptors (Lipinski definition) is 12. The highest BCUT2D eigenvalue weighted by Gasteiger charge is 2.43. The number of aliphatic hydroxyl groups excluding tert-OH is 6. The van der Waals surface area contributed by atoms with Crippen molar-refractivity contribution in [3.8, 4) is 0 Å². The Kier molecular flexibility index (Phi) is 11.7. The molecule has 244 valence electrons. The van der Waals surface area contributed by atoms with Gasteiger partial charge >= 0.3 is 0 Å². The number of benzene rings is 2. The zero-order valence-corrected chi connectivity index (χ0v) is 24.7. The Balaban J connectivity index is 1.25. The summed E-state index contributed by atoms with van der Waals surface area (Å²) in [5.74, 6) is 0. The van der Waals surface area contributed by atoms with E-state index in [1.165, 1.54) is 0 Å². The second-order valence-corrected chi connectivity index (χ2v) is 12.1. The Morgan fingerprint density at radius 3 is 1.48 bits per heavy atom. The molecule has 2 heterocycles. The van der Waals surface area contributed by atoms with Crippen molar-refractivity contribution in [2.24, 2.45) is 5.73 Å². The molecule has 0 radical (unpaired) electrons. The van der Waals surface area contributed by atoms with Gasteiger partial charge in [-0.15, -0.1) is 0 Å². The molecule has 1 saturated carbocycles. The molecule has 2 aromatic carbocycles. The zero-order valence-electron chi connectivity index (χ0n) is 24.7. The lowest BCUT2D eigenvalue weighted by atomic mass is 9.89. The van der Waals surface area contributed by atoms with Gasteiger partial charge in [0.2, 0.25) is 0 Å². The molecule has 0 amide bonds. The van der Waals surface area contributed by atoms with E-state index in [4.69, 9.17) is 24.7 Å². The third-order valence-corrected chi connectivity index (χ3v) is 8.86. The second-order valence-electron chi connectivity index (χ2n) is 12.1. The first-order chi connectivity index (χ1) is 21.2. The summed E-state index contributed by atoms with van der Waals surface area (Å²) >= 11 is 0. The number of rotatable bonds is 11. The first-order valence-electron chi connectivity index (χ1n) is 15.4. The molecule has 44 heavy (non-hydrogen) atoms. The zero-order chi connectivity index (χ0) is 31.2. The fourth-order valence-electron chi connectivity index (χ4n) is 6.27. The first kappa shape index (κ1) is 33.3. The predicted octanol–water partition coefficient (Wildman–Crippen LogP) is -0.0479. The lowest BCUT2D eigenvalue weighted by Gasteiger charge is -2.43. The van der Waals surface area contributed by atoms with Crippen molar-refractivity contribution in [1.29, 1.82) is 0 Å². The van der Waals surface area contributed by atoms with Crippen LogP contribution in [0, 0.1) is 0 Å². The number of aliphatic hydroxyl groups is 6. The molecule has 2 saturated heterocycles. The Hall–Kier alpha value is -2.04. The normalized spacial score (nSPS) is 34.3. The van der Waals surface area contributed by atoms with Crippen molar-refractivity contribution in [2.45, 2.75) is 99.2 Å². The largest absolute Gasteiger partial charge is 0.389 e. The highest BCUT2D eigenvalue weighted by Crippen LogP contribution is 2.31. The van der Waals surface area contributed by atoms with E-state index in [1.54, 1.807) is 0 Å². The minimum Gasteiger partial charge on any atom is -0.389 e. The molecule has 12 nitrogen and oxygen atoms in total. The number of nitrogens with zero attached hydrogens (tertiary/aromatic N) is 1. The lowest BCUT2D eigenvalue weighted by Crippen LogP contribution is -2.58. The van der Waals surface area contributed by atoms with Gasteiger partial charge in [-0.2, -0.15) is 0 Å². The fraction of sp³-hybridized carbons (Fsp3) is 0.625. The van der Waals surface area contributed by atoms with Crippen molar-refractivity contribution in [3.05, 3.63) is 71.8 Å². The third-order valence-electron chi connectivity index (χ3n) is 8.86. The van der Waals surface area contributed by atoms with Crippen molar-refractivity contribution >= 4 is 0 Å². The van der Waals surface area contributed by atoms with Crippen LogP contribution >= 0.6 is 0 Å². The van der Waals surface area contributed by atoms with Crippen LogP contribution in [-0.4, -0.2) is 123 Å². The molecule has 12 heteroatoms. The Bertz CT molecular complexity index is 1050. The molecule has 0 aromatic heterocycles. The quantitative estimate of drug-likeness (QED) is 0.178. The van der Waals surface area contributed by atoms with Crippen molar-refractivity contribution in [2.75, 3.05) is 26.3 Å². The molecule has 8 N–H and O–H groups in total. The summed E-state index contributed by atoms with van der Waals surface area (Å²) in [6.45, 7) is -0.308. The van der Waals surface area contributed by atoms with Crippen LogP contribution < -0.4 is 5.73 Å². The van der Waals surface area contributed by atoms with Crippen molar-refractivity contribution < 1.29 is 49.6 Å². The van der Waals surface area contributed by atoms with Gasteiger partial charge in [-0.25, -0.2) is 0 Å². The first-order valence-corrected chi connectivity index (χ1v) is 15.4. The van der Waals surface area contributed by atoms with Gasteiger partial charge in [0.05, 0.1) is 25.4 Å². The van der Waals surface area contributed by atoms with Crippen LogP contribution in [0.15, 0.2) is 60.7 Å². The number of nitrogens with two attached hydrogens (primary N) is 1. The van der Waals surface area contributed by atoms with Crippen molar-refractivity contribution in [1.82, 2.24) is 4.90 Å². The van der Waals surface area contributed by atoms with Gasteiger partial charge in [-0.05, 0) is 25.7 Å². The maximum Gasteiger partial charge on any atom is 0.184 e. The number of ether oxygens (including phenoxy) is 4. The fourth-order valence-corrected chi connectivity index (χ4v) is 6.27. The Morgan fingerprint density at radius 1 is 0.659 bits per heavy atom. The predicted molar refractivity (Wildman–Crippen MR) is 158 cm³/mol. The van der Waals surface area contributed by atoms with Gasteiger partial charge in [-0.1, -0.05) is 60.7 Å². The van der Waals surface area contributed by atoms with Crippen molar-refractivity contribution in [3.63, 3.8) is 0 Å². The van der Waals surface area contributed by atoms with Crippen LogP contribution in [-0.2, 0) is 18.9 Å². The monoisotopic (exact) mass is 618 g/mol. The minimum atomic E-state index is -1.47. The van der Waals surface area contributed by atoms with Crippen LogP contribution in [0.3, 0.4) is 0 Å². The van der Waals surface area contributed by atoms with E-state index in [0.29, 0.717) is 12.8 Å². The summed E-state index contributed by atoms with van der Waals surface area (Å²) < 4.78 is 23.0. The van der Waals surface area contributed by atoms with Gasteiger partial charge in [0.15, 0.2) is 12.6 Å². The van der Waals surface area contributed by atoms with Gasteiger partial charge in [0.1, 0.15) is 36.6 Å². The van der Waals surface area contributed by atoms with E-state index in [2.05, 4.69) is 0 Å². The van der Waals surface area contributed by atoms with E-state index in [0.717, 1.165) is 24.0 Å². The maximum atomic E-state index is 11.2. The van der Waals surface area contributed by atoms with E-state index < -0.39 is 61.4 Å². The molecule has 3 fully saturated rings. The molecule has 5 rings (SSSR count). The number of hydrogen-bond donors (Lipinski definition) is 7. The van der Waals surface area contributed by atoms with Crippen LogP contribution in [0.4, 0.5) is 0 Å². The minimum absolute atomic E-state index is 0.0561. The topological polar surface area (TPSA) is 188 Å². The van der Waals surface area contributed by atoms with Crippen LogP contribution in [0.1, 0.15) is 49.4 Å². The smallest absolute Gasteiger partial charge is 0.184 e. The molecule has 2 aromatic rings. The lowest BCUT2D eigenvalue weighted by molar-refractivity contribution is -0.285. The van der Waals surface area contributed by atoms with Crippen LogP contribution in [0.25, 0.3) is 0 Å². The van der Waals surface area contributed by atoms with E-state index >= 15 is 0 Å².